The molecule has 0 spiro atoms. The van der Waals surface area contributed by atoms with Crippen molar-refractivity contribution in [2.75, 3.05) is 0 Å². The summed E-state index contributed by atoms with van der Waals surface area (Å²) in [6.45, 7) is 8.38. The lowest BCUT2D eigenvalue weighted by molar-refractivity contribution is -0.134. The lowest BCUT2D eigenvalue weighted by atomic mass is 9.82. The molecular weight excluding hydrogens is 200 g/mol. The van der Waals surface area contributed by atoms with Crippen molar-refractivity contribution in [1.29, 1.82) is 0 Å². The molecule has 1 rings (SSSR count). The third-order valence-corrected chi connectivity index (χ3v) is 3.04. The van der Waals surface area contributed by atoms with Gasteiger partial charge < -0.3 is 4.74 Å². The Balaban J connectivity index is 2.79. The minimum Gasteiger partial charge on any atom is -0.427 e. The Bertz CT molecular complexity index is 350. The molecule has 1 aromatic carbocycles. The lowest BCUT2D eigenvalue weighted by Gasteiger charge is -2.23. The molecule has 0 atom stereocenters. The topological polar surface area (TPSA) is 26.3 Å². The van der Waals surface area contributed by atoms with E-state index in [4.69, 9.17) is 4.74 Å². The average Bonchev–Trinajstić information content (AvgIpc) is 2.29. The first-order chi connectivity index (χ1) is 7.49. The summed E-state index contributed by atoms with van der Waals surface area (Å²) in [4.78, 5) is 11.1. The number of hydrogen-bond donors (Lipinski definition) is 0. The van der Waals surface area contributed by atoms with Gasteiger partial charge in [0.25, 0.3) is 0 Å². The molecule has 0 fully saturated rings. The molecule has 2 nitrogen and oxygen atoms in total. The summed E-state index contributed by atoms with van der Waals surface area (Å²) < 4.78 is 5.13. The van der Waals surface area contributed by atoms with Crippen LogP contribution in [0.4, 0.5) is 0 Å². The largest absolute Gasteiger partial charge is 0.427 e. The Morgan fingerprint density at radius 2 is 1.75 bits per heavy atom. The van der Waals surface area contributed by atoms with Gasteiger partial charge in [0, 0.05) is 6.42 Å². The summed E-state index contributed by atoms with van der Waals surface area (Å²) in [6.07, 6.45) is 1.49. The highest BCUT2D eigenvalue weighted by Crippen LogP contribution is 2.28. The van der Waals surface area contributed by atoms with Crippen LogP contribution in [0, 0.1) is 0 Å². The summed E-state index contributed by atoms with van der Waals surface area (Å²) in [5.74, 6) is 0.435. The van der Waals surface area contributed by atoms with Crippen molar-refractivity contribution in [2.45, 2.75) is 46.0 Å². The van der Waals surface area contributed by atoms with Gasteiger partial charge in [-0.3, -0.25) is 4.79 Å². The van der Waals surface area contributed by atoms with Crippen molar-refractivity contribution in [3.05, 3.63) is 29.8 Å². The predicted molar refractivity (Wildman–Crippen MR) is 65.7 cm³/mol. The van der Waals surface area contributed by atoms with Gasteiger partial charge in [-0.1, -0.05) is 39.8 Å². The molecule has 0 bridgehead atoms. The van der Waals surface area contributed by atoms with Crippen LogP contribution in [0.1, 0.15) is 46.1 Å². The molecule has 0 N–H and O–H groups in total. The molecule has 0 saturated heterocycles. The fraction of sp³-hybridized carbons (Fsp3) is 0.500. The molecule has 88 valence electrons. The van der Waals surface area contributed by atoms with E-state index in [1.54, 1.807) is 6.92 Å². The molecule has 0 aliphatic rings. The van der Waals surface area contributed by atoms with Gasteiger partial charge in [0.15, 0.2) is 0 Å². The summed E-state index contributed by atoms with van der Waals surface area (Å²) in [5.41, 5.74) is 1.44. The molecular formula is C14H20O2. The van der Waals surface area contributed by atoms with Crippen molar-refractivity contribution in [3.63, 3.8) is 0 Å². The average molecular weight is 220 g/mol. The molecule has 0 aliphatic carbocycles. The maximum Gasteiger partial charge on any atom is 0.310 e. The molecule has 16 heavy (non-hydrogen) atoms. The van der Waals surface area contributed by atoms with Gasteiger partial charge in [-0.05, 0) is 29.5 Å². The van der Waals surface area contributed by atoms with Crippen LogP contribution in [0.15, 0.2) is 24.3 Å². The van der Waals surface area contributed by atoms with Gasteiger partial charge in [0.1, 0.15) is 5.75 Å². The molecule has 0 aliphatic heterocycles. The second-order valence-corrected chi connectivity index (χ2v) is 4.59. The van der Waals surface area contributed by atoms with E-state index in [2.05, 4.69) is 20.8 Å². The van der Waals surface area contributed by atoms with E-state index in [1.807, 2.05) is 24.3 Å². The minimum atomic E-state index is -0.192. The molecule has 0 amide bonds. The number of esters is 1. The van der Waals surface area contributed by atoms with E-state index in [0.29, 0.717) is 12.2 Å². The van der Waals surface area contributed by atoms with Crippen molar-refractivity contribution in [3.8, 4) is 5.75 Å². The fourth-order valence-electron chi connectivity index (χ4n) is 1.38. The molecule has 0 heterocycles. The molecule has 0 aromatic heterocycles. The second-order valence-electron chi connectivity index (χ2n) is 4.59. The monoisotopic (exact) mass is 220 g/mol. The van der Waals surface area contributed by atoms with Gasteiger partial charge in [0.05, 0.1) is 0 Å². The van der Waals surface area contributed by atoms with Crippen LogP contribution < -0.4 is 4.74 Å². The van der Waals surface area contributed by atoms with Crippen molar-refractivity contribution in [1.82, 2.24) is 0 Å². The zero-order chi connectivity index (χ0) is 12.2. The van der Waals surface area contributed by atoms with E-state index >= 15 is 0 Å². The van der Waals surface area contributed by atoms with Crippen LogP contribution >= 0.6 is 0 Å². The number of ether oxygens (including phenoxy) is 1. The SMILES string of the molecule is CCC(=O)Oc1ccc(C(C)(C)CC)cc1. The Morgan fingerprint density at radius 1 is 1.19 bits per heavy atom. The highest BCUT2D eigenvalue weighted by Gasteiger charge is 2.17. The number of carbonyl (C=O) groups is 1. The number of rotatable bonds is 4. The second kappa shape index (κ2) is 5.15. The van der Waals surface area contributed by atoms with Crippen LogP contribution in [0.5, 0.6) is 5.75 Å². The third-order valence-electron chi connectivity index (χ3n) is 3.04. The first kappa shape index (κ1) is 12.8. The standard InChI is InChI=1S/C14H20O2/c1-5-13(15)16-12-9-7-11(8-10-12)14(3,4)6-2/h7-10H,5-6H2,1-4H3. The number of hydrogen-bond acceptors (Lipinski definition) is 2. The van der Waals surface area contributed by atoms with E-state index in [0.717, 1.165) is 6.42 Å². The van der Waals surface area contributed by atoms with E-state index in [9.17, 15) is 4.79 Å². The molecule has 0 saturated carbocycles. The van der Waals surface area contributed by atoms with Crippen LogP contribution in [0.2, 0.25) is 0 Å². The summed E-state index contributed by atoms with van der Waals surface area (Å²) in [5, 5.41) is 0. The van der Waals surface area contributed by atoms with E-state index in [1.165, 1.54) is 5.56 Å². The van der Waals surface area contributed by atoms with Gasteiger partial charge in [-0.25, -0.2) is 0 Å². The molecule has 2 heteroatoms. The van der Waals surface area contributed by atoms with Crippen molar-refractivity contribution in [2.24, 2.45) is 0 Å². The third kappa shape index (κ3) is 3.09. The Kier molecular flexibility index (Phi) is 4.11. The lowest BCUT2D eigenvalue weighted by Crippen LogP contribution is -2.15. The van der Waals surface area contributed by atoms with E-state index < -0.39 is 0 Å². The maximum atomic E-state index is 11.1. The molecule has 0 radical (unpaired) electrons. The van der Waals surface area contributed by atoms with Gasteiger partial charge in [-0.15, -0.1) is 0 Å². The quantitative estimate of drug-likeness (QED) is 0.571. The minimum absolute atomic E-state index is 0.174. The fourth-order valence-corrected chi connectivity index (χ4v) is 1.38. The normalized spacial score (nSPS) is 11.2. The summed E-state index contributed by atoms with van der Waals surface area (Å²) >= 11 is 0. The van der Waals surface area contributed by atoms with Crippen LogP contribution in [0.25, 0.3) is 0 Å². The predicted octanol–water partition coefficient (Wildman–Crippen LogP) is 3.69. The first-order valence-electron chi connectivity index (χ1n) is 5.81. The van der Waals surface area contributed by atoms with Crippen LogP contribution in [-0.2, 0) is 10.2 Å². The van der Waals surface area contributed by atoms with Crippen molar-refractivity contribution >= 4 is 5.97 Å². The van der Waals surface area contributed by atoms with Gasteiger partial charge in [-0.2, -0.15) is 0 Å². The van der Waals surface area contributed by atoms with Gasteiger partial charge >= 0.3 is 5.97 Å². The van der Waals surface area contributed by atoms with E-state index in [-0.39, 0.29) is 11.4 Å². The zero-order valence-corrected chi connectivity index (χ0v) is 10.5. The zero-order valence-electron chi connectivity index (χ0n) is 10.5. The van der Waals surface area contributed by atoms with Crippen molar-refractivity contribution < 1.29 is 9.53 Å². The summed E-state index contributed by atoms with van der Waals surface area (Å²) in [7, 11) is 0. The number of carbonyl (C=O) groups excluding carboxylic acids is 1. The van der Waals surface area contributed by atoms with Crippen LogP contribution in [-0.4, -0.2) is 5.97 Å². The smallest absolute Gasteiger partial charge is 0.310 e. The summed E-state index contributed by atoms with van der Waals surface area (Å²) in [6, 6.07) is 7.78. The number of benzene rings is 1. The Labute approximate surface area is 97.6 Å². The first-order valence-corrected chi connectivity index (χ1v) is 5.81. The maximum absolute atomic E-state index is 11.1. The Morgan fingerprint density at radius 3 is 2.19 bits per heavy atom. The highest BCUT2D eigenvalue weighted by atomic mass is 16.5. The molecule has 1 aromatic rings. The molecule has 0 unspecified atom stereocenters. The van der Waals surface area contributed by atoms with Gasteiger partial charge in [0.2, 0.25) is 0 Å². The van der Waals surface area contributed by atoms with Crippen LogP contribution in [0.3, 0.4) is 0 Å². The Hall–Kier alpha value is -1.31. The highest BCUT2D eigenvalue weighted by molar-refractivity contribution is 5.71.